The van der Waals surface area contributed by atoms with Crippen LogP contribution < -0.4 is 10.1 Å². The average Bonchev–Trinajstić information content (AvgIpc) is 2.76. The molecule has 2 nitrogen and oxygen atoms in total. The molecule has 0 saturated carbocycles. The third kappa shape index (κ3) is 2.51. The minimum Gasteiger partial charge on any atom is -0.497 e. The Bertz CT molecular complexity index is 505. The monoisotopic (exact) mass is 247 g/mol. The summed E-state index contributed by atoms with van der Waals surface area (Å²) >= 11 is 1.78. The molecule has 0 bridgehead atoms. The summed E-state index contributed by atoms with van der Waals surface area (Å²) in [5, 5.41) is 5.34. The Hall–Kier alpha value is -1.32. The Kier molecular flexibility index (Phi) is 3.82. The molecular weight excluding hydrogens is 230 g/mol. The van der Waals surface area contributed by atoms with Crippen LogP contribution in [0.15, 0.2) is 29.6 Å². The van der Waals surface area contributed by atoms with Gasteiger partial charge in [-0.05, 0) is 54.2 Å². The first-order chi connectivity index (χ1) is 8.26. The lowest BCUT2D eigenvalue weighted by molar-refractivity contribution is 0.414. The van der Waals surface area contributed by atoms with Gasteiger partial charge in [0.15, 0.2) is 0 Å². The van der Waals surface area contributed by atoms with Gasteiger partial charge in [-0.3, -0.25) is 0 Å². The van der Waals surface area contributed by atoms with E-state index in [1.165, 1.54) is 21.6 Å². The molecule has 0 atom stereocenters. The van der Waals surface area contributed by atoms with Gasteiger partial charge in [0.2, 0.25) is 0 Å². The highest BCUT2D eigenvalue weighted by atomic mass is 32.1. The summed E-state index contributed by atoms with van der Waals surface area (Å²) in [6, 6.07) is 8.44. The summed E-state index contributed by atoms with van der Waals surface area (Å²) in [6.07, 6.45) is 0. The highest BCUT2D eigenvalue weighted by Crippen LogP contribution is 2.32. The van der Waals surface area contributed by atoms with E-state index in [4.69, 9.17) is 4.74 Å². The molecule has 0 saturated heterocycles. The molecule has 0 amide bonds. The van der Waals surface area contributed by atoms with Gasteiger partial charge in [0.25, 0.3) is 0 Å². The van der Waals surface area contributed by atoms with Crippen LogP contribution in [-0.2, 0) is 6.54 Å². The van der Waals surface area contributed by atoms with Crippen LogP contribution >= 0.6 is 11.3 Å². The lowest BCUT2D eigenvalue weighted by Gasteiger charge is -2.11. The van der Waals surface area contributed by atoms with Gasteiger partial charge >= 0.3 is 0 Å². The highest BCUT2D eigenvalue weighted by Gasteiger charge is 2.09. The van der Waals surface area contributed by atoms with E-state index in [1.54, 1.807) is 18.4 Å². The normalized spacial score (nSPS) is 10.5. The first-order valence-corrected chi connectivity index (χ1v) is 6.50. The van der Waals surface area contributed by atoms with Crippen molar-refractivity contribution in [3.63, 3.8) is 0 Å². The third-order valence-electron chi connectivity index (χ3n) is 2.83. The predicted molar refractivity (Wildman–Crippen MR) is 73.8 cm³/mol. The molecule has 2 aromatic rings. The molecule has 0 aliphatic rings. The highest BCUT2D eigenvalue weighted by molar-refractivity contribution is 7.10. The van der Waals surface area contributed by atoms with Crippen molar-refractivity contribution in [2.24, 2.45) is 0 Å². The molecule has 90 valence electrons. The fraction of sp³-hybridized carbons (Fsp3) is 0.286. The maximum atomic E-state index is 5.28. The maximum absolute atomic E-state index is 5.28. The van der Waals surface area contributed by atoms with E-state index in [2.05, 4.69) is 35.8 Å². The number of methoxy groups -OCH3 is 1. The van der Waals surface area contributed by atoms with Crippen molar-refractivity contribution in [1.29, 1.82) is 0 Å². The molecule has 0 fully saturated rings. The van der Waals surface area contributed by atoms with E-state index in [1.807, 2.05) is 13.1 Å². The van der Waals surface area contributed by atoms with Crippen molar-refractivity contribution in [3.05, 3.63) is 40.1 Å². The van der Waals surface area contributed by atoms with E-state index in [9.17, 15) is 0 Å². The second kappa shape index (κ2) is 5.34. The van der Waals surface area contributed by atoms with Crippen LogP contribution in [0.4, 0.5) is 0 Å². The minimum absolute atomic E-state index is 0.849. The van der Waals surface area contributed by atoms with E-state index >= 15 is 0 Å². The third-order valence-corrected chi connectivity index (χ3v) is 3.67. The second-order valence-corrected chi connectivity index (χ2v) is 5.06. The second-order valence-electron chi connectivity index (χ2n) is 3.94. The van der Waals surface area contributed by atoms with Crippen molar-refractivity contribution in [1.82, 2.24) is 5.32 Å². The maximum Gasteiger partial charge on any atom is 0.119 e. The van der Waals surface area contributed by atoms with Gasteiger partial charge in [-0.1, -0.05) is 6.07 Å². The molecule has 0 aliphatic heterocycles. The number of hydrogen-bond acceptors (Lipinski definition) is 3. The van der Waals surface area contributed by atoms with Gasteiger partial charge in [-0.2, -0.15) is 0 Å². The summed E-state index contributed by atoms with van der Waals surface area (Å²) in [6.45, 7) is 3.01. The molecular formula is C14H17NOS. The van der Waals surface area contributed by atoms with Crippen molar-refractivity contribution in [2.45, 2.75) is 13.5 Å². The number of aryl methyl sites for hydroxylation is 1. The van der Waals surface area contributed by atoms with Gasteiger partial charge in [-0.25, -0.2) is 0 Å². The Morgan fingerprint density at radius 1 is 1.24 bits per heavy atom. The van der Waals surface area contributed by atoms with Crippen molar-refractivity contribution < 1.29 is 4.74 Å². The fourth-order valence-corrected chi connectivity index (χ4v) is 2.67. The van der Waals surface area contributed by atoms with Crippen molar-refractivity contribution >= 4 is 11.3 Å². The molecule has 1 N–H and O–H groups in total. The number of rotatable bonds is 4. The molecule has 0 unspecified atom stereocenters. The van der Waals surface area contributed by atoms with Gasteiger partial charge in [-0.15, -0.1) is 11.3 Å². The lowest BCUT2D eigenvalue weighted by Crippen LogP contribution is -2.06. The summed E-state index contributed by atoms with van der Waals surface area (Å²) < 4.78 is 5.28. The topological polar surface area (TPSA) is 21.3 Å². The smallest absolute Gasteiger partial charge is 0.119 e. The van der Waals surface area contributed by atoms with Crippen LogP contribution in [0.5, 0.6) is 5.75 Å². The Morgan fingerprint density at radius 2 is 2.06 bits per heavy atom. The number of ether oxygens (including phenoxy) is 1. The van der Waals surface area contributed by atoms with E-state index < -0.39 is 0 Å². The van der Waals surface area contributed by atoms with E-state index in [0.29, 0.717) is 0 Å². The van der Waals surface area contributed by atoms with Crippen molar-refractivity contribution in [3.8, 4) is 16.9 Å². The first-order valence-electron chi connectivity index (χ1n) is 5.62. The number of hydrogen-bond donors (Lipinski definition) is 1. The van der Waals surface area contributed by atoms with Gasteiger partial charge in [0.05, 0.1) is 7.11 Å². The molecule has 17 heavy (non-hydrogen) atoms. The molecule has 3 heteroatoms. The minimum atomic E-state index is 0.849. The van der Waals surface area contributed by atoms with E-state index in [-0.39, 0.29) is 0 Å². The Balaban J connectivity index is 2.49. The Morgan fingerprint density at radius 3 is 2.65 bits per heavy atom. The molecule has 0 aliphatic carbocycles. The van der Waals surface area contributed by atoms with Gasteiger partial charge < -0.3 is 10.1 Å². The molecule has 1 heterocycles. The zero-order valence-corrected chi connectivity index (χ0v) is 11.2. The SMILES string of the molecule is CNCc1cc(OC)ccc1-c1ccsc1C. The predicted octanol–water partition coefficient (Wildman–Crippen LogP) is 3.45. The summed E-state index contributed by atoms with van der Waals surface area (Å²) in [5.41, 5.74) is 3.88. The zero-order chi connectivity index (χ0) is 12.3. The quantitative estimate of drug-likeness (QED) is 0.893. The molecule has 1 aromatic carbocycles. The van der Waals surface area contributed by atoms with Crippen LogP contribution in [0, 0.1) is 6.92 Å². The first kappa shape index (κ1) is 12.1. The van der Waals surface area contributed by atoms with Crippen LogP contribution in [0.2, 0.25) is 0 Å². The standard InChI is InChI=1S/C14H17NOS/c1-10-13(6-7-17-10)14-5-4-12(16-3)8-11(14)9-15-2/h4-8,15H,9H2,1-3H3. The van der Waals surface area contributed by atoms with Crippen molar-refractivity contribution in [2.75, 3.05) is 14.2 Å². The van der Waals surface area contributed by atoms with Crippen LogP contribution in [0.3, 0.4) is 0 Å². The number of thiophene rings is 1. The van der Waals surface area contributed by atoms with Crippen LogP contribution in [0.25, 0.3) is 11.1 Å². The number of nitrogens with one attached hydrogen (secondary N) is 1. The van der Waals surface area contributed by atoms with Crippen LogP contribution in [0.1, 0.15) is 10.4 Å². The largest absolute Gasteiger partial charge is 0.497 e. The molecule has 0 radical (unpaired) electrons. The summed E-state index contributed by atoms with van der Waals surface area (Å²) in [5.74, 6) is 0.909. The average molecular weight is 247 g/mol. The number of benzene rings is 1. The molecule has 1 aromatic heterocycles. The van der Waals surface area contributed by atoms with E-state index in [0.717, 1.165) is 12.3 Å². The lowest BCUT2D eigenvalue weighted by atomic mass is 10.00. The van der Waals surface area contributed by atoms with Crippen LogP contribution in [-0.4, -0.2) is 14.2 Å². The summed E-state index contributed by atoms with van der Waals surface area (Å²) in [4.78, 5) is 1.35. The summed E-state index contributed by atoms with van der Waals surface area (Å²) in [7, 11) is 3.66. The fourth-order valence-electron chi connectivity index (χ4n) is 1.96. The Labute approximate surface area is 106 Å². The molecule has 0 spiro atoms. The van der Waals surface area contributed by atoms with Gasteiger partial charge in [0, 0.05) is 11.4 Å². The van der Waals surface area contributed by atoms with Gasteiger partial charge in [0.1, 0.15) is 5.75 Å². The molecule has 2 rings (SSSR count). The zero-order valence-electron chi connectivity index (χ0n) is 10.4.